The molecule has 20 heavy (non-hydrogen) atoms. The predicted molar refractivity (Wildman–Crippen MR) is 76.6 cm³/mol. The number of hydrogen-bond donors (Lipinski definition) is 1. The summed E-state index contributed by atoms with van der Waals surface area (Å²) < 4.78 is 32.6. The van der Waals surface area contributed by atoms with Crippen LogP contribution in [0, 0.1) is 0 Å². The minimum absolute atomic E-state index is 0.00434. The Morgan fingerprint density at radius 3 is 2.65 bits per heavy atom. The van der Waals surface area contributed by atoms with Gasteiger partial charge in [-0.05, 0) is 18.6 Å². The van der Waals surface area contributed by atoms with Gasteiger partial charge in [0, 0.05) is 5.75 Å². The Labute approximate surface area is 118 Å². The van der Waals surface area contributed by atoms with Crippen LogP contribution in [0.1, 0.15) is 23.7 Å². The molecule has 7 heteroatoms. The van der Waals surface area contributed by atoms with E-state index < -0.39 is 15.8 Å². The Hall–Kier alpha value is -1.76. The first-order chi connectivity index (χ1) is 9.41. The van der Waals surface area contributed by atoms with Gasteiger partial charge in [0.05, 0.1) is 30.7 Å². The monoisotopic (exact) mass is 301 g/mol. The highest BCUT2D eigenvalue weighted by Gasteiger charge is 2.14. The first-order valence-electron chi connectivity index (χ1n) is 6.21. The van der Waals surface area contributed by atoms with Crippen LogP contribution >= 0.6 is 0 Å². The minimum Gasteiger partial charge on any atom is -0.495 e. The highest BCUT2D eigenvalue weighted by atomic mass is 32.2. The summed E-state index contributed by atoms with van der Waals surface area (Å²) in [4.78, 5) is 11.8. The number of carbonyl (C=O) groups is 1. The van der Waals surface area contributed by atoms with E-state index in [1.54, 1.807) is 19.1 Å². The van der Waals surface area contributed by atoms with Gasteiger partial charge >= 0.3 is 5.97 Å². The Balaban J connectivity index is 2.56. The second-order valence-electron chi connectivity index (χ2n) is 4.15. The second kappa shape index (κ2) is 7.14. The maximum Gasteiger partial charge on any atom is 0.340 e. The maximum atomic E-state index is 11.8. The molecule has 0 aliphatic rings. The van der Waals surface area contributed by atoms with Crippen molar-refractivity contribution in [2.45, 2.75) is 13.3 Å². The zero-order valence-electron chi connectivity index (χ0n) is 11.6. The van der Waals surface area contributed by atoms with Crippen LogP contribution in [0.15, 0.2) is 18.2 Å². The van der Waals surface area contributed by atoms with Crippen molar-refractivity contribution < 1.29 is 22.7 Å². The standard InChI is InChI=1S/C13H19NO5S/c1-3-20(16,17)9-5-8-19-13(15)10-6-4-7-11(18-2)12(10)14/h4,6-7H,3,5,8-9,14H2,1-2H3. The molecular formula is C13H19NO5S. The van der Waals surface area contributed by atoms with Crippen LogP contribution < -0.4 is 10.5 Å². The number of hydrogen-bond acceptors (Lipinski definition) is 6. The molecule has 0 aromatic heterocycles. The highest BCUT2D eigenvalue weighted by Crippen LogP contribution is 2.25. The van der Waals surface area contributed by atoms with Gasteiger partial charge in [-0.3, -0.25) is 0 Å². The van der Waals surface area contributed by atoms with E-state index in [4.69, 9.17) is 15.2 Å². The first kappa shape index (κ1) is 16.3. The molecule has 0 bridgehead atoms. The molecule has 0 radical (unpaired) electrons. The van der Waals surface area contributed by atoms with Gasteiger partial charge in [-0.2, -0.15) is 0 Å². The number of sulfone groups is 1. The summed E-state index contributed by atoms with van der Waals surface area (Å²) in [6, 6.07) is 4.80. The van der Waals surface area contributed by atoms with Gasteiger partial charge in [0.25, 0.3) is 0 Å². The van der Waals surface area contributed by atoms with Crippen LogP contribution in [0.4, 0.5) is 5.69 Å². The zero-order chi connectivity index (χ0) is 15.2. The molecule has 0 aliphatic carbocycles. The van der Waals surface area contributed by atoms with E-state index in [2.05, 4.69) is 0 Å². The van der Waals surface area contributed by atoms with E-state index in [-0.39, 0.29) is 35.8 Å². The normalized spacial score (nSPS) is 11.1. The van der Waals surface area contributed by atoms with E-state index in [1.807, 2.05) is 0 Å². The molecule has 6 nitrogen and oxygen atoms in total. The van der Waals surface area contributed by atoms with Gasteiger partial charge in [0.2, 0.25) is 0 Å². The summed E-state index contributed by atoms with van der Waals surface area (Å²) in [5, 5.41) is 0. The number of nitrogens with two attached hydrogens (primary N) is 1. The van der Waals surface area contributed by atoms with Crippen molar-refractivity contribution in [3.8, 4) is 5.75 Å². The SMILES string of the molecule is CCS(=O)(=O)CCCOC(=O)c1cccc(OC)c1N. The number of rotatable bonds is 7. The lowest BCUT2D eigenvalue weighted by Gasteiger charge is -2.09. The molecule has 0 saturated carbocycles. The summed E-state index contributed by atoms with van der Waals surface area (Å²) in [5.41, 5.74) is 6.19. The molecule has 0 unspecified atom stereocenters. The van der Waals surface area contributed by atoms with Crippen LogP contribution in [0.3, 0.4) is 0 Å². The first-order valence-corrected chi connectivity index (χ1v) is 8.03. The smallest absolute Gasteiger partial charge is 0.340 e. The fraction of sp³-hybridized carbons (Fsp3) is 0.462. The quantitative estimate of drug-likeness (QED) is 0.463. The largest absolute Gasteiger partial charge is 0.495 e. The molecular weight excluding hydrogens is 282 g/mol. The van der Waals surface area contributed by atoms with E-state index >= 15 is 0 Å². The Bertz CT molecular complexity index is 568. The molecule has 0 saturated heterocycles. The fourth-order valence-electron chi connectivity index (χ4n) is 1.57. The van der Waals surface area contributed by atoms with Crippen LogP contribution in [0.2, 0.25) is 0 Å². The summed E-state index contributed by atoms with van der Waals surface area (Å²) in [7, 11) is -1.58. The molecule has 0 atom stereocenters. The van der Waals surface area contributed by atoms with Crippen molar-refractivity contribution in [2.24, 2.45) is 0 Å². The van der Waals surface area contributed by atoms with Gasteiger partial charge in [0.15, 0.2) is 0 Å². The molecule has 0 aliphatic heterocycles. The number of carbonyl (C=O) groups excluding carboxylic acids is 1. The number of methoxy groups -OCH3 is 1. The third-order valence-electron chi connectivity index (χ3n) is 2.78. The number of nitrogen functional groups attached to an aromatic ring is 1. The number of benzene rings is 1. The van der Waals surface area contributed by atoms with Crippen molar-refractivity contribution in [3.05, 3.63) is 23.8 Å². The molecule has 1 rings (SSSR count). The van der Waals surface area contributed by atoms with Crippen LogP contribution in [0.5, 0.6) is 5.75 Å². The second-order valence-corrected chi connectivity index (χ2v) is 6.62. The van der Waals surface area contributed by atoms with Crippen molar-refractivity contribution in [2.75, 3.05) is 31.0 Å². The Morgan fingerprint density at radius 2 is 2.05 bits per heavy atom. The topological polar surface area (TPSA) is 95.7 Å². The molecule has 0 amide bonds. The van der Waals surface area contributed by atoms with Crippen LogP contribution in [0.25, 0.3) is 0 Å². The van der Waals surface area contributed by atoms with Gasteiger partial charge in [-0.15, -0.1) is 0 Å². The van der Waals surface area contributed by atoms with Crippen LogP contribution in [-0.2, 0) is 14.6 Å². The molecule has 0 heterocycles. The fourth-order valence-corrected chi connectivity index (χ4v) is 2.41. The van der Waals surface area contributed by atoms with Crippen molar-refractivity contribution in [1.29, 1.82) is 0 Å². The predicted octanol–water partition coefficient (Wildman–Crippen LogP) is 1.26. The summed E-state index contributed by atoms with van der Waals surface area (Å²) in [5.74, 6) is -0.1000. The van der Waals surface area contributed by atoms with Gasteiger partial charge in [0.1, 0.15) is 15.6 Å². The third-order valence-corrected chi connectivity index (χ3v) is 4.57. The van der Waals surface area contributed by atoms with Crippen molar-refractivity contribution in [1.82, 2.24) is 0 Å². The lowest BCUT2D eigenvalue weighted by Crippen LogP contribution is -2.14. The lowest BCUT2D eigenvalue weighted by atomic mass is 10.1. The average Bonchev–Trinajstić information content (AvgIpc) is 2.43. The van der Waals surface area contributed by atoms with Crippen molar-refractivity contribution in [3.63, 3.8) is 0 Å². The average molecular weight is 301 g/mol. The van der Waals surface area contributed by atoms with E-state index in [9.17, 15) is 13.2 Å². The number of para-hydroxylation sites is 1. The van der Waals surface area contributed by atoms with Crippen molar-refractivity contribution >= 4 is 21.5 Å². The Kier molecular flexibility index (Phi) is 5.82. The summed E-state index contributed by atoms with van der Waals surface area (Å²) >= 11 is 0. The van der Waals surface area contributed by atoms with Gasteiger partial charge in [-0.1, -0.05) is 13.0 Å². The number of anilines is 1. The van der Waals surface area contributed by atoms with Crippen LogP contribution in [-0.4, -0.2) is 39.6 Å². The summed E-state index contributed by atoms with van der Waals surface area (Å²) in [6.07, 6.45) is 0.270. The minimum atomic E-state index is -3.04. The summed E-state index contributed by atoms with van der Waals surface area (Å²) in [6.45, 7) is 1.62. The zero-order valence-corrected chi connectivity index (χ0v) is 12.4. The van der Waals surface area contributed by atoms with Gasteiger partial charge < -0.3 is 15.2 Å². The van der Waals surface area contributed by atoms with Gasteiger partial charge in [-0.25, -0.2) is 13.2 Å². The number of esters is 1. The molecule has 0 spiro atoms. The lowest BCUT2D eigenvalue weighted by molar-refractivity contribution is 0.0506. The molecule has 1 aromatic carbocycles. The molecule has 112 valence electrons. The van der Waals surface area contributed by atoms with E-state index in [0.717, 1.165) is 0 Å². The molecule has 0 fully saturated rings. The van der Waals surface area contributed by atoms with E-state index in [1.165, 1.54) is 13.2 Å². The maximum absolute atomic E-state index is 11.8. The van der Waals surface area contributed by atoms with E-state index in [0.29, 0.717) is 5.75 Å². The third kappa shape index (κ3) is 4.41. The number of ether oxygens (including phenoxy) is 2. The molecule has 1 aromatic rings. The molecule has 2 N–H and O–H groups in total. The Morgan fingerprint density at radius 1 is 1.35 bits per heavy atom. The highest BCUT2D eigenvalue weighted by molar-refractivity contribution is 7.91.